The van der Waals surface area contributed by atoms with Crippen LogP contribution >= 0.6 is 0 Å². The standard InChI is InChI=1S/C10H13N3O/c1-2-9-7-10(13-8-12-9)11-5-3-4-6-14/h7-8,14H,2,5-6H2,1H3,(H,11,12,13). The van der Waals surface area contributed by atoms with E-state index in [2.05, 4.69) is 27.1 Å². The van der Waals surface area contributed by atoms with Gasteiger partial charge >= 0.3 is 0 Å². The summed E-state index contributed by atoms with van der Waals surface area (Å²) in [5, 5.41) is 11.4. The fourth-order valence-corrected chi connectivity index (χ4v) is 0.941. The van der Waals surface area contributed by atoms with E-state index >= 15 is 0 Å². The molecule has 0 atom stereocenters. The van der Waals surface area contributed by atoms with Crippen LogP contribution in [0.2, 0.25) is 0 Å². The van der Waals surface area contributed by atoms with Gasteiger partial charge in [-0.15, -0.1) is 0 Å². The molecule has 0 aliphatic heterocycles. The molecule has 74 valence electrons. The monoisotopic (exact) mass is 191 g/mol. The summed E-state index contributed by atoms with van der Waals surface area (Å²) in [6.07, 6.45) is 2.42. The van der Waals surface area contributed by atoms with Gasteiger partial charge in [-0.1, -0.05) is 18.8 Å². The fraction of sp³-hybridized carbons (Fsp3) is 0.400. The molecule has 0 bridgehead atoms. The van der Waals surface area contributed by atoms with Gasteiger partial charge < -0.3 is 10.4 Å². The van der Waals surface area contributed by atoms with Crippen LogP contribution in [0.15, 0.2) is 12.4 Å². The number of hydrogen-bond acceptors (Lipinski definition) is 4. The highest BCUT2D eigenvalue weighted by Crippen LogP contribution is 2.03. The molecule has 0 aromatic carbocycles. The lowest BCUT2D eigenvalue weighted by Crippen LogP contribution is -2.02. The average molecular weight is 191 g/mol. The minimum Gasteiger partial charge on any atom is -0.384 e. The Kier molecular flexibility index (Phi) is 4.45. The Labute approximate surface area is 83.4 Å². The molecule has 0 amide bonds. The van der Waals surface area contributed by atoms with E-state index in [-0.39, 0.29) is 6.61 Å². The van der Waals surface area contributed by atoms with E-state index in [4.69, 9.17) is 5.11 Å². The Morgan fingerprint density at radius 1 is 1.43 bits per heavy atom. The van der Waals surface area contributed by atoms with Gasteiger partial charge in [-0.25, -0.2) is 9.97 Å². The molecule has 0 aliphatic carbocycles. The summed E-state index contributed by atoms with van der Waals surface area (Å²) in [5.74, 6) is 6.06. The van der Waals surface area contributed by atoms with Crippen molar-refractivity contribution >= 4 is 5.82 Å². The molecule has 0 spiro atoms. The molecule has 14 heavy (non-hydrogen) atoms. The molecule has 1 aromatic rings. The maximum atomic E-state index is 8.42. The van der Waals surface area contributed by atoms with Gasteiger partial charge in [0.15, 0.2) is 0 Å². The highest BCUT2D eigenvalue weighted by atomic mass is 16.2. The van der Waals surface area contributed by atoms with Crippen LogP contribution in [-0.4, -0.2) is 28.2 Å². The van der Waals surface area contributed by atoms with Crippen molar-refractivity contribution < 1.29 is 5.11 Å². The van der Waals surface area contributed by atoms with Crippen molar-refractivity contribution in [1.29, 1.82) is 0 Å². The number of aromatic nitrogens is 2. The van der Waals surface area contributed by atoms with Crippen molar-refractivity contribution in [1.82, 2.24) is 9.97 Å². The van der Waals surface area contributed by atoms with Crippen LogP contribution < -0.4 is 5.32 Å². The molecule has 0 aliphatic rings. The molecule has 4 nitrogen and oxygen atoms in total. The topological polar surface area (TPSA) is 58.0 Å². The lowest BCUT2D eigenvalue weighted by Gasteiger charge is -2.01. The zero-order valence-electron chi connectivity index (χ0n) is 8.12. The second-order valence-corrected chi connectivity index (χ2v) is 2.61. The van der Waals surface area contributed by atoms with Crippen LogP contribution in [0.4, 0.5) is 5.82 Å². The van der Waals surface area contributed by atoms with E-state index in [0.717, 1.165) is 17.9 Å². The van der Waals surface area contributed by atoms with Crippen LogP contribution in [-0.2, 0) is 6.42 Å². The molecule has 0 fully saturated rings. The Balaban J connectivity index is 2.50. The van der Waals surface area contributed by atoms with Gasteiger partial charge in [0.05, 0.1) is 6.54 Å². The van der Waals surface area contributed by atoms with Crippen molar-refractivity contribution in [3.63, 3.8) is 0 Å². The second kappa shape index (κ2) is 5.95. The molecular formula is C10H13N3O. The van der Waals surface area contributed by atoms with Crippen molar-refractivity contribution in [3.05, 3.63) is 18.1 Å². The van der Waals surface area contributed by atoms with Crippen LogP contribution in [0.5, 0.6) is 0 Å². The Morgan fingerprint density at radius 2 is 2.29 bits per heavy atom. The summed E-state index contributed by atoms with van der Waals surface area (Å²) in [5.41, 5.74) is 0.998. The van der Waals surface area contributed by atoms with Gasteiger partial charge in [-0.05, 0) is 6.42 Å². The van der Waals surface area contributed by atoms with Crippen LogP contribution in [0.1, 0.15) is 12.6 Å². The highest BCUT2D eigenvalue weighted by molar-refractivity contribution is 5.36. The molecule has 1 rings (SSSR count). The van der Waals surface area contributed by atoms with E-state index in [9.17, 15) is 0 Å². The quantitative estimate of drug-likeness (QED) is 0.681. The van der Waals surface area contributed by atoms with Gasteiger partial charge in [0.25, 0.3) is 0 Å². The summed E-state index contributed by atoms with van der Waals surface area (Å²) < 4.78 is 0. The maximum Gasteiger partial charge on any atom is 0.130 e. The summed E-state index contributed by atoms with van der Waals surface area (Å²) in [6, 6.07) is 1.89. The molecule has 4 heteroatoms. The number of hydrogen-bond donors (Lipinski definition) is 2. The average Bonchev–Trinajstić information content (AvgIpc) is 2.25. The zero-order valence-corrected chi connectivity index (χ0v) is 8.12. The summed E-state index contributed by atoms with van der Waals surface area (Å²) in [7, 11) is 0. The third kappa shape index (κ3) is 3.42. The number of nitrogens with zero attached hydrogens (tertiary/aromatic N) is 2. The first-order valence-corrected chi connectivity index (χ1v) is 4.48. The van der Waals surface area contributed by atoms with Crippen LogP contribution in [0.25, 0.3) is 0 Å². The van der Waals surface area contributed by atoms with E-state index in [1.54, 1.807) is 0 Å². The number of aliphatic hydroxyl groups excluding tert-OH is 1. The van der Waals surface area contributed by atoms with Crippen molar-refractivity contribution in [2.24, 2.45) is 0 Å². The van der Waals surface area contributed by atoms with Gasteiger partial charge in [0.1, 0.15) is 18.8 Å². The van der Waals surface area contributed by atoms with Crippen molar-refractivity contribution in [2.45, 2.75) is 13.3 Å². The number of aliphatic hydroxyl groups is 1. The van der Waals surface area contributed by atoms with Gasteiger partial charge in [-0.3, -0.25) is 0 Å². The van der Waals surface area contributed by atoms with E-state index in [1.165, 1.54) is 6.33 Å². The van der Waals surface area contributed by atoms with E-state index < -0.39 is 0 Å². The van der Waals surface area contributed by atoms with E-state index in [1.807, 2.05) is 13.0 Å². The zero-order chi connectivity index (χ0) is 10.2. The highest BCUT2D eigenvalue weighted by Gasteiger charge is 1.94. The summed E-state index contributed by atoms with van der Waals surface area (Å²) in [6.45, 7) is 2.42. The number of nitrogens with one attached hydrogen (secondary N) is 1. The SMILES string of the molecule is CCc1cc(NCC#CCO)ncn1. The van der Waals surface area contributed by atoms with Crippen LogP contribution in [0, 0.1) is 11.8 Å². The third-order valence-electron chi connectivity index (χ3n) is 1.65. The lowest BCUT2D eigenvalue weighted by molar-refractivity contribution is 0.350. The molecular weight excluding hydrogens is 178 g/mol. The molecule has 0 saturated heterocycles. The molecule has 0 unspecified atom stereocenters. The predicted octanol–water partition coefficient (Wildman–Crippen LogP) is 0.447. The molecule has 1 aromatic heterocycles. The first kappa shape index (κ1) is 10.5. The first-order chi connectivity index (χ1) is 6.86. The normalized spacial score (nSPS) is 9.00. The predicted molar refractivity (Wildman–Crippen MR) is 54.8 cm³/mol. The van der Waals surface area contributed by atoms with Crippen LogP contribution in [0.3, 0.4) is 0 Å². The van der Waals surface area contributed by atoms with Crippen molar-refractivity contribution in [3.8, 4) is 11.8 Å². The molecule has 2 N–H and O–H groups in total. The Hall–Kier alpha value is -1.60. The summed E-state index contributed by atoms with van der Waals surface area (Å²) in [4.78, 5) is 8.11. The smallest absolute Gasteiger partial charge is 0.130 e. The molecule has 0 saturated carbocycles. The maximum absolute atomic E-state index is 8.42. The molecule has 0 radical (unpaired) electrons. The fourth-order valence-electron chi connectivity index (χ4n) is 0.941. The number of rotatable bonds is 3. The van der Waals surface area contributed by atoms with Crippen molar-refractivity contribution in [2.75, 3.05) is 18.5 Å². The van der Waals surface area contributed by atoms with Gasteiger partial charge in [-0.2, -0.15) is 0 Å². The molecule has 1 heterocycles. The largest absolute Gasteiger partial charge is 0.384 e. The van der Waals surface area contributed by atoms with E-state index in [0.29, 0.717) is 6.54 Å². The lowest BCUT2D eigenvalue weighted by atomic mass is 10.3. The minimum atomic E-state index is -0.105. The minimum absolute atomic E-state index is 0.105. The van der Waals surface area contributed by atoms with Gasteiger partial charge in [0.2, 0.25) is 0 Å². The first-order valence-electron chi connectivity index (χ1n) is 4.48. The Morgan fingerprint density at radius 3 is 3.00 bits per heavy atom. The number of aryl methyl sites for hydroxylation is 1. The third-order valence-corrected chi connectivity index (χ3v) is 1.65. The second-order valence-electron chi connectivity index (χ2n) is 2.61. The number of anilines is 1. The summed E-state index contributed by atoms with van der Waals surface area (Å²) >= 11 is 0. The Bertz CT molecular complexity index is 341. The van der Waals surface area contributed by atoms with Gasteiger partial charge in [0, 0.05) is 11.8 Å².